The van der Waals surface area contributed by atoms with Crippen molar-refractivity contribution in [3.8, 4) is 28.7 Å². The van der Waals surface area contributed by atoms with E-state index in [-0.39, 0.29) is 28.7 Å². The summed E-state index contributed by atoms with van der Waals surface area (Å²) in [6.45, 7) is 2.14. The number of H-pyrrole nitrogens is 1. The van der Waals surface area contributed by atoms with E-state index in [9.17, 15) is 9.59 Å². The highest BCUT2D eigenvalue weighted by molar-refractivity contribution is 6.07. The molecular formula is C32H28N4O5. The Kier molecular flexibility index (Phi) is 6.47. The van der Waals surface area contributed by atoms with Crippen molar-refractivity contribution < 1.29 is 14.2 Å². The van der Waals surface area contributed by atoms with Crippen LogP contribution < -0.4 is 30.9 Å². The van der Waals surface area contributed by atoms with Crippen LogP contribution in [0.4, 0.5) is 5.82 Å². The molecule has 0 aliphatic rings. The fraction of sp³-hybridized carbons (Fsp3) is 0.125. The van der Waals surface area contributed by atoms with Gasteiger partial charge >= 0.3 is 0 Å². The molecule has 3 N–H and O–H groups in total. The highest BCUT2D eigenvalue weighted by Gasteiger charge is 2.22. The van der Waals surface area contributed by atoms with Crippen LogP contribution in [-0.4, -0.2) is 28.6 Å². The number of rotatable bonds is 7. The molecule has 9 nitrogen and oxygen atoms in total. The van der Waals surface area contributed by atoms with Gasteiger partial charge in [-0.1, -0.05) is 30.3 Å². The van der Waals surface area contributed by atoms with Crippen LogP contribution in [0.3, 0.4) is 0 Å². The van der Waals surface area contributed by atoms with Gasteiger partial charge in [0.2, 0.25) is 0 Å². The Morgan fingerprint density at radius 3 is 2.17 bits per heavy atom. The molecule has 0 fully saturated rings. The Morgan fingerprint density at radius 2 is 1.49 bits per heavy atom. The summed E-state index contributed by atoms with van der Waals surface area (Å²) in [5, 5.41) is 3.82. The van der Waals surface area contributed by atoms with E-state index in [2.05, 4.69) is 5.10 Å². The minimum absolute atomic E-state index is 0.199. The number of methoxy groups -OCH3 is 2. The second-order valence-electron chi connectivity index (χ2n) is 9.70. The molecule has 0 aliphatic carbocycles. The number of nitrogens with one attached hydrogen (secondary N) is 1. The van der Waals surface area contributed by atoms with Crippen molar-refractivity contribution in [2.45, 2.75) is 13.5 Å². The van der Waals surface area contributed by atoms with Gasteiger partial charge in [-0.25, -0.2) is 4.68 Å². The van der Waals surface area contributed by atoms with Crippen LogP contribution in [0.1, 0.15) is 11.1 Å². The summed E-state index contributed by atoms with van der Waals surface area (Å²) < 4.78 is 19.8. The molecule has 0 radical (unpaired) electrons. The van der Waals surface area contributed by atoms with Crippen LogP contribution >= 0.6 is 0 Å². The summed E-state index contributed by atoms with van der Waals surface area (Å²) in [5.74, 6) is 2.65. The van der Waals surface area contributed by atoms with Crippen LogP contribution in [0.2, 0.25) is 0 Å². The molecule has 0 atom stereocenters. The zero-order valence-corrected chi connectivity index (χ0v) is 22.8. The van der Waals surface area contributed by atoms with Crippen molar-refractivity contribution in [1.29, 1.82) is 0 Å². The number of nitrogens with two attached hydrogens (primary N) is 1. The lowest BCUT2D eigenvalue weighted by atomic mass is 10.1. The van der Waals surface area contributed by atoms with E-state index >= 15 is 0 Å². The number of aryl methyl sites for hydroxylation is 1. The number of hydrogen-bond donors (Lipinski definition) is 2. The highest BCUT2D eigenvalue weighted by atomic mass is 16.5. The third-order valence-corrected chi connectivity index (χ3v) is 7.15. The number of nitrogen functional groups attached to an aromatic ring is 1. The molecule has 206 valence electrons. The Hall–Kier alpha value is -5.44. The van der Waals surface area contributed by atoms with E-state index in [1.165, 1.54) is 13.2 Å². The van der Waals surface area contributed by atoms with Gasteiger partial charge in [-0.2, -0.15) is 0 Å². The third-order valence-electron chi connectivity index (χ3n) is 7.15. The van der Waals surface area contributed by atoms with Crippen molar-refractivity contribution in [2.75, 3.05) is 20.0 Å². The van der Waals surface area contributed by atoms with Gasteiger partial charge in [0.05, 0.1) is 42.9 Å². The summed E-state index contributed by atoms with van der Waals surface area (Å²) >= 11 is 0. The Bertz CT molecular complexity index is 2020. The Labute approximate surface area is 234 Å². The second kappa shape index (κ2) is 10.3. The second-order valence-corrected chi connectivity index (χ2v) is 9.70. The number of anilines is 1. The van der Waals surface area contributed by atoms with Gasteiger partial charge in [0.1, 0.15) is 34.2 Å². The molecule has 2 aromatic heterocycles. The van der Waals surface area contributed by atoms with Gasteiger partial charge in [0, 0.05) is 12.1 Å². The number of pyridine rings is 1. The van der Waals surface area contributed by atoms with Gasteiger partial charge in [0.15, 0.2) is 5.43 Å². The number of hydrogen-bond acceptors (Lipinski definition) is 6. The summed E-state index contributed by atoms with van der Waals surface area (Å²) in [5.41, 5.74) is 9.27. The van der Waals surface area contributed by atoms with E-state index in [1.54, 1.807) is 22.4 Å². The molecule has 2 heterocycles. The number of aromatic nitrogens is 3. The molecule has 6 aromatic rings. The van der Waals surface area contributed by atoms with Crippen LogP contribution in [0.25, 0.3) is 27.5 Å². The zero-order chi connectivity index (χ0) is 28.7. The lowest BCUT2D eigenvalue weighted by molar-refractivity contribution is 0.414. The van der Waals surface area contributed by atoms with E-state index in [1.807, 2.05) is 79.7 Å². The van der Waals surface area contributed by atoms with Crippen molar-refractivity contribution in [1.82, 2.24) is 14.3 Å². The fourth-order valence-electron chi connectivity index (χ4n) is 5.10. The summed E-state index contributed by atoms with van der Waals surface area (Å²) in [7, 11) is 3.08. The maximum atomic E-state index is 14.1. The molecule has 0 saturated carbocycles. The molecule has 4 aromatic carbocycles. The molecule has 0 unspecified atom stereocenters. The monoisotopic (exact) mass is 548 g/mol. The van der Waals surface area contributed by atoms with E-state index in [0.717, 1.165) is 16.9 Å². The van der Waals surface area contributed by atoms with Gasteiger partial charge in [0.25, 0.3) is 5.56 Å². The first kappa shape index (κ1) is 25.8. The van der Waals surface area contributed by atoms with Crippen LogP contribution in [0, 0.1) is 6.92 Å². The Morgan fingerprint density at radius 1 is 0.780 bits per heavy atom. The first-order valence-electron chi connectivity index (χ1n) is 13.0. The van der Waals surface area contributed by atoms with Crippen molar-refractivity contribution in [3.63, 3.8) is 0 Å². The number of aromatic amines is 1. The molecule has 0 saturated heterocycles. The molecular weight excluding hydrogens is 520 g/mol. The molecule has 0 bridgehead atoms. The maximum absolute atomic E-state index is 14.1. The minimum atomic E-state index is -0.329. The van der Waals surface area contributed by atoms with Gasteiger partial charge in [-0.15, -0.1) is 0 Å². The lowest BCUT2D eigenvalue weighted by Crippen LogP contribution is -2.23. The minimum Gasteiger partial charge on any atom is -0.497 e. The van der Waals surface area contributed by atoms with Crippen LogP contribution in [0.5, 0.6) is 23.0 Å². The molecule has 9 heteroatoms. The predicted octanol–water partition coefficient (Wildman–Crippen LogP) is 5.38. The number of benzene rings is 4. The van der Waals surface area contributed by atoms with Crippen molar-refractivity contribution in [2.24, 2.45) is 0 Å². The quantitative estimate of drug-likeness (QED) is 0.277. The zero-order valence-electron chi connectivity index (χ0n) is 22.8. The lowest BCUT2D eigenvalue weighted by Gasteiger charge is -2.13. The standard InChI is InChI=1S/C32H28N4O5/c1-19-15-23(41-22-7-5-4-6-8-22)13-14-25(19)36-31(33)29-30(34-36)28-26(16-24(40-3)17-27(28)37)35(32(29)38)18-20-9-11-21(39-2)12-10-20/h4-17,34H,18,33H2,1-3H3. The summed E-state index contributed by atoms with van der Waals surface area (Å²) in [6, 6.07) is 25.6. The average molecular weight is 549 g/mol. The van der Waals surface area contributed by atoms with Gasteiger partial charge in [-0.05, 0) is 60.5 Å². The topological polar surface area (TPSA) is 113 Å². The highest BCUT2D eigenvalue weighted by Crippen LogP contribution is 2.31. The number of fused-ring (bicyclic) bond motifs is 3. The molecule has 6 rings (SSSR count). The van der Waals surface area contributed by atoms with Crippen LogP contribution in [-0.2, 0) is 6.54 Å². The number of ether oxygens (including phenoxy) is 3. The SMILES string of the molecule is COc1ccc(Cn2c(=O)c3c(N)n(-c4ccc(Oc5ccccc5)cc4C)[nH]c3c3c(=O)cc(OC)cc32)cc1. The summed E-state index contributed by atoms with van der Waals surface area (Å²) in [4.78, 5) is 27.5. The summed E-state index contributed by atoms with van der Waals surface area (Å²) in [6.07, 6.45) is 0. The first-order valence-corrected chi connectivity index (χ1v) is 13.0. The third kappa shape index (κ3) is 4.57. The van der Waals surface area contributed by atoms with E-state index < -0.39 is 0 Å². The fourth-order valence-corrected chi connectivity index (χ4v) is 5.10. The molecule has 0 amide bonds. The average Bonchev–Trinajstić information content (AvgIpc) is 3.32. The van der Waals surface area contributed by atoms with Crippen molar-refractivity contribution >= 4 is 27.6 Å². The molecule has 41 heavy (non-hydrogen) atoms. The smallest absolute Gasteiger partial charge is 0.264 e. The number of nitrogens with zero attached hydrogens (tertiary/aromatic N) is 2. The van der Waals surface area contributed by atoms with E-state index in [4.69, 9.17) is 19.9 Å². The van der Waals surface area contributed by atoms with Gasteiger partial charge in [-0.3, -0.25) is 14.7 Å². The molecule has 0 spiro atoms. The molecule has 0 aliphatic heterocycles. The largest absolute Gasteiger partial charge is 0.497 e. The van der Waals surface area contributed by atoms with Gasteiger partial charge < -0.3 is 24.5 Å². The van der Waals surface area contributed by atoms with Crippen molar-refractivity contribution in [3.05, 3.63) is 117 Å². The normalized spacial score (nSPS) is 11.2. The first-order chi connectivity index (χ1) is 19.9. The maximum Gasteiger partial charge on any atom is 0.264 e. The van der Waals surface area contributed by atoms with Crippen LogP contribution in [0.15, 0.2) is 94.5 Å². The Balaban J connectivity index is 1.54. The predicted molar refractivity (Wildman–Crippen MR) is 160 cm³/mol. The number of para-hydroxylation sites is 1. The van der Waals surface area contributed by atoms with E-state index in [0.29, 0.717) is 39.4 Å².